The monoisotopic (exact) mass is 246 g/mol. The molecule has 1 heterocycles. The van der Waals surface area contributed by atoms with Crippen LogP contribution in [0.4, 0.5) is 4.39 Å². The lowest BCUT2D eigenvalue weighted by molar-refractivity contribution is 0.307. The molecule has 0 bridgehead atoms. The van der Waals surface area contributed by atoms with Gasteiger partial charge in [-0.2, -0.15) is 0 Å². The quantitative estimate of drug-likeness (QED) is 0.838. The summed E-state index contributed by atoms with van der Waals surface area (Å²) < 4.78 is 13.6. The van der Waals surface area contributed by atoms with E-state index in [1.165, 1.54) is 30.9 Å². The second-order valence-corrected chi connectivity index (χ2v) is 5.39. The Hall–Kier alpha value is -1.35. The third-order valence-corrected chi connectivity index (χ3v) is 4.20. The first-order valence-electron chi connectivity index (χ1n) is 6.76. The van der Waals surface area contributed by atoms with Crippen molar-refractivity contribution >= 4 is 10.9 Å². The minimum Gasteiger partial charge on any atom is -0.359 e. The van der Waals surface area contributed by atoms with Crippen molar-refractivity contribution in [2.75, 3.05) is 0 Å². The minimum atomic E-state index is -0.174. The lowest BCUT2D eigenvalue weighted by Crippen LogP contribution is -2.34. The van der Waals surface area contributed by atoms with Crippen molar-refractivity contribution in [1.29, 1.82) is 0 Å². The number of aromatic amines is 1. The van der Waals surface area contributed by atoms with Gasteiger partial charge in [-0.15, -0.1) is 0 Å². The molecule has 1 fully saturated rings. The summed E-state index contributed by atoms with van der Waals surface area (Å²) in [5.74, 6) is 0.368. The van der Waals surface area contributed by atoms with Crippen molar-refractivity contribution in [3.8, 4) is 0 Å². The van der Waals surface area contributed by atoms with E-state index in [1.807, 2.05) is 12.3 Å². The molecule has 3 N–H and O–H groups in total. The molecule has 3 rings (SSSR count). The number of nitrogens with one attached hydrogen (secondary N) is 1. The van der Waals surface area contributed by atoms with Crippen LogP contribution >= 0.6 is 0 Å². The molecule has 1 aliphatic carbocycles. The Labute approximate surface area is 106 Å². The maximum atomic E-state index is 13.6. The molecule has 2 atom stereocenters. The predicted octanol–water partition coefficient (Wildman–Crippen LogP) is 3.37. The van der Waals surface area contributed by atoms with Crippen molar-refractivity contribution in [2.24, 2.45) is 11.7 Å². The van der Waals surface area contributed by atoms with Gasteiger partial charge in [0, 0.05) is 17.6 Å². The highest BCUT2D eigenvalue weighted by atomic mass is 19.1. The number of hydrogen-bond acceptors (Lipinski definition) is 1. The van der Waals surface area contributed by atoms with E-state index in [0.29, 0.717) is 17.5 Å². The van der Waals surface area contributed by atoms with E-state index >= 15 is 0 Å². The molecule has 0 spiro atoms. The van der Waals surface area contributed by atoms with Gasteiger partial charge in [0.25, 0.3) is 0 Å². The van der Waals surface area contributed by atoms with E-state index in [0.717, 1.165) is 18.2 Å². The van der Waals surface area contributed by atoms with E-state index in [9.17, 15) is 4.39 Å². The van der Waals surface area contributed by atoms with Crippen LogP contribution in [-0.4, -0.2) is 11.0 Å². The topological polar surface area (TPSA) is 41.8 Å². The summed E-state index contributed by atoms with van der Waals surface area (Å²) in [5, 5.41) is 1.01. The van der Waals surface area contributed by atoms with Crippen molar-refractivity contribution in [3.05, 3.63) is 35.8 Å². The van der Waals surface area contributed by atoms with Crippen molar-refractivity contribution < 1.29 is 4.39 Å². The number of halogens is 1. The molecule has 2 unspecified atom stereocenters. The van der Waals surface area contributed by atoms with Gasteiger partial charge in [-0.3, -0.25) is 0 Å². The molecule has 1 aromatic heterocycles. The summed E-state index contributed by atoms with van der Waals surface area (Å²) in [7, 11) is 0. The Kier molecular flexibility index (Phi) is 3.08. The molecule has 0 aliphatic heterocycles. The zero-order valence-electron chi connectivity index (χ0n) is 10.5. The number of H-pyrrole nitrogens is 1. The zero-order chi connectivity index (χ0) is 12.5. The van der Waals surface area contributed by atoms with E-state index in [4.69, 9.17) is 5.73 Å². The number of nitrogens with two attached hydrogens (primary N) is 1. The second-order valence-electron chi connectivity index (χ2n) is 5.39. The highest BCUT2D eigenvalue weighted by Gasteiger charge is 2.23. The van der Waals surface area contributed by atoms with Crippen LogP contribution in [0.15, 0.2) is 24.4 Å². The molecule has 1 aliphatic rings. The Morgan fingerprint density at radius 1 is 1.28 bits per heavy atom. The van der Waals surface area contributed by atoms with E-state index in [-0.39, 0.29) is 5.82 Å². The van der Waals surface area contributed by atoms with Crippen molar-refractivity contribution in [2.45, 2.75) is 38.1 Å². The first-order valence-corrected chi connectivity index (χ1v) is 6.76. The maximum Gasteiger partial charge on any atom is 0.147 e. The summed E-state index contributed by atoms with van der Waals surface area (Å²) >= 11 is 0. The third-order valence-electron chi connectivity index (χ3n) is 4.20. The summed E-state index contributed by atoms with van der Waals surface area (Å²) in [4.78, 5) is 3.05. The van der Waals surface area contributed by atoms with Gasteiger partial charge in [-0.25, -0.2) is 4.39 Å². The fourth-order valence-electron chi connectivity index (χ4n) is 3.12. The van der Waals surface area contributed by atoms with Gasteiger partial charge in [0.05, 0.1) is 5.52 Å². The van der Waals surface area contributed by atoms with E-state index < -0.39 is 0 Å². The minimum absolute atomic E-state index is 0.174. The van der Waals surface area contributed by atoms with E-state index in [1.54, 1.807) is 6.07 Å². The number of fused-ring (bicyclic) bond motifs is 1. The van der Waals surface area contributed by atoms with Gasteiger partial charge in [-0.05, 0) is 36.8 Å². The lowest BCUT2D eigenvalue weighted by atomic mass is 9.81. The van der Waals surface area contributed by atoms with Crippen molar-refractivity contribution in [3.63, 3.8) is 0 Å². The fourth-order valence-corrected chi connectivity index (χ4v) is 3.12. The second kappa shape index (κ2) is 4.73. The lowest BCUT2D eigenvalue weighted by Gasteiger charge is -2.28. The smallest absolute Gasteiger partial charge is 0.147 e. The van der Waals surface area contributed by atoms with Crippen LogP contribution in [0, 0.1) is 11.7 Å². The standard InChI is InChI=1S/C15H19FN2/c16-13-6-3-5-12-11(9-18-15(12)13)8-10-4-1-2-7-14(10)17/h3,5-6,9-10,14,18H,1-2,4,7-8,17H2. The Morgan fingerprint density at radius 3 is 2.94 bits per heavy atom. The van der Waals surface area contributed by atoms with Gasteiger partial charge < -0.3 is 10.7 Å². The summed E-state index contributed by atoms with van der Waals surface area (Å²) in [6, 6.07) is 5.56. The normalized spacial score (nSPS) is 24.6. The summed E-state index contributed by atoms with van der Waals surface area (Å²) in [6.07, 6.45) is 7.75. The number of para-hydroxylation sites is 1. The first kappa shape index (κ1) is 11.7. The Balaban J connectivity index is 1.88. The summed E-state index contributed by atoms with van der Waals surface area (Å²) in [6.45, 7) is 0. The first-order chi connectivity index (χ1) is 8.75. The van der Waals surface area contributed by atoms with Gasteiger partial charge in [0.1, 0.15) is 5.82 Å². The van der Waals surface area contributed by atoms with E-state index in [2.05, 4.69) is 4.98 Å². The van der Waals surface area contributed by atoms with Gasteiger partial charge >= 0.3 is 0 Å². The molecule has 1 saturated carbocycles. The molecule has 0 amide bonds. The van der Waals surface area contributed by atoms with Crippen LogP contribution in [-0.2, 0) is 6.42 Å². The van der Waals surface area contributed by atoms with Crippen LogP contribution in [0.3, 0.4) is 0 Å². The molecule has 3 heteroatoms. The SMILES string of the molecule is NC1CCCCC1Cc1c[nH]c2c(F)cccc12. The number of rotatable bonds is 2. The Morgan fingerprint density at radius 2 is 2.11 bits per heavy atom. The third kappa shape index (κ3) is 2.03. The fraction of sp³-hybridized carbons (Fsp3) is 0.467. The molecule has 2 nitrogen and oxygen atoms in total. The van der Waals surface area contributed by atoms with Crippen LogP contribution in [0.5, 0.6) is 0 Å². The molecular formula is C15H19FN2. The zero-order valence-corrected chi connectivity index (χ0v) is 10.5. The molecular weight excluding hydrogens is 227 g/mol. The molecule has 0 radical (unpaired) electrons. The number of hydrogen-bond donors (Lipinski definition) is 2. The van der Waals surface area contributed by atoms with Crippen LogP contribution in [0.1, 0.15) is 31.2 Å². The van der Waals surface area contributed by atoms with Crippen molar-refractivity contribution in [1.82, 2.24) is 4.98 Å². The Bertz CT molecular complexity index is 546. The van der Waals surface area contributed by atoms with Gasteiger partial charge in [0.2, 0.25) is 0 Å². The maximum absolute atomic E-state index is 13.6. The molecule has 18 heavy (non-hydrogen) atoms. The highest BCUT2D eigenvalue weighted by Crippen LogP contribution is 2.29. The molecule has 2 aromatic rings. The molecule has 96 valence electrons. The molecule has 1 aromatic carbocycles. The largest absolute Gasteiger partial charge is 0.359 e. The number of benzene rings is 1. The number of aromatic nitrogens is 1. The molecule has 0 saturated heterocycles. The predicted molar refractivity (Wildman–Crippen MR) is 71.9 cm³/mol. The van der Waals surface area contributed by atoms with Gasteiger partial charge in [0.15, 0.2) is 0 Å². The van der Waals surface area contributed by atoms with Crippen LogP contribution < -0.4 is 5.73 Å². The van der Waals surface area contributed by atoms with Crippen LogP contribution in [0.2, 0.25) is 0 Å². The average Bonchev–Trinajstić information content (AvgIpc) is 2.77. The average molecular weight is 246 g/mol. The summed E-state index contributed by atoms with van der Waals surface area (Å²) in [5.41, 5.74) is 8.01. The van der Waals surface area contributed by atoms with Gasteiger partial charge in [-0.1, -0.05) is 25.0 Å². The van der Waals surface area contributed by atoms with Crippen LogP contribution in [0.25, 0.3) is 10.9 Å². The highest BCUT2D eigenvalue weighted by molar-refractivity contribution is 5.83.